The first-order valence-electron chi connectivity index (χ1n) is 11.8. The summed E-state index contributed by atoms with van der Waals surface area (Å²) >= 11 is 0. The van der Waals surface area contributed by atoms with Crippen LogP contribution < -0.4 is 10.9 Å². The lowest BCUT2D eigenvalue weighted by Crippen LogP contribution is -2.42. The molecule has 13 nitrogen and oxygen atoms in total. The van der Waals surface area contributed by atoms with Crippen molar-refractivity contribution in [2.45, 2.75) is 50.6 Å². The van der Waals surface area contributed by atoms with Gasteiger partial charge in [-0.15, -0.1) is 9.19 Å². The molecular formula is C21H28N8O5S2. The van der Waals surface area contributed by atoms with Crippen molar-refractivity contribution in [2.24, 2.45) is 0 Å². The predicted molar refractivity (Wildman–Crippen MR) is 133 cm³/mol. The van der Waals surface area contributed by atoms with Crippen molar-refractivity contribution in [2.75, 3.05) is 30.4 Å². The van der Waals surface area contributed by atoms with E-state index in [2.05, 4.69) is 25.4 Å². The Morgan fingerprint density at radius 1 is 1.06 bits per heavy atom. The van der Waals surface area contributed by atoms with E-state index in [0.29, 0.717) is 48.7 Å². The Bertz CT molecular complexity index is 1540. The SMILES string of the molecule is CS(=O)(=O)N1CCC(Nc2ncc3ccc(=O)n(CCCS(=O)(=O)n4cnc(C5CC5)n4)c3n2)CC1. The number of piperidine rings is 1. The van der Waals surface area contributed by atoms with E-state index in [9.17, 15) is 21.6 Å². The number of aromatic nitrogens is 6. The molecule has 1 saturated carbocycles. The van der Waals surface area contributed by atoms with Crippen LogP contribution in [-0.2, 0) is 26.6 Å². The van der Waals surface area contributed by atoms with Crippen LogP contribution >= 0.6 is 0 Å². The minimum atomic E-state index is -3.69. The van der Waals surface area contributed by atoms with Gasteiger partial charge in [-0.3, -0.25) is 9.36 Å². The van der Waals surface area contributed by atoms with Crippen LogP contribution in [-0.4, -0.2) is 81.0 Å². The zero-order valence-electron chi connectivity index (χ0n) is 19.8. The van der Waals surface area contributed by atoms with Gasteiger partial charge in [0.25, 0.3) is 15.6 Å². The first-order valence-corrected chi connectivity index (χ1v) is 15.3. The van der Waals surface area contributed by atoms with Crippen molar-refractivity contribution < 1.29 is 16.8 Å². The van der Waals surface area contributed by atoms with Crippen LogP contribution in [0.15, 0.2) is 29.5 Å². The molecule has 0 aromatic carbocycles. The molecular weight excluding hydrogens is 508 g/mol. The zero-order valence-corrected chi connectivity index (χ0v) is 21.4. The number of sulfonamides is 1. The molecule has 1 N–H and O–H groups in total. The van der Waals surface area contributed by atoms with E-state index in [0.717, 1.165) is 16.9 Å². The summed E-state index contributed by atoms with van der Waals surface area (Å²) in [4.78, 5) is 25.6. The summed E-state index contributed by atoms with van der Waals surface area (Å²) in [6, 6.07) is 3.04. The van der Waals surface area contributed by atoms with E-state index in [1.54, 1.807) is 12.3 Å². The Kier molecular flexibility index (Phi) is 6.55. The van der Waals surface area contributed by atoms with Gasteiger partial charge in [0.1, 0.15) is 12.0 Å². The lowest BCUT2D eigenvalue weighted by Gasteiger charge is -2.30. The molecule has 5 rings (SSSR count). The highest BCUT2D eigenvalue weighted by atomic mass is 32.2. The van der Waals surface area contributed by atoms with Crippen molar-refractivity contribution in [3.8, 4) is 0 Å². The third-order valence-corrected chi connectivity index (χ3v) is 9.33. The average Bonchev–Trinajstić information content (AvgIpc) is 3.56. The van der Waals surface area contributed by atoms with Gasteiger partial charge in [0, 0.05) is 49.2 Å². The second kappa shape index (κ2) is 9.52. The molecule has 0 amide bonds. The van der Waals surface area contributed by atoms with Crippen LogP contribution in [0.4, 0.5) is 5.95 Å². The second-order valence-corrected chi connectivity index (χ2v) is 13.2. The zero-order chi connectivity index (χ0) is 25.5. The number of anilines is 1. The molecule has 3 aromatic heterocycles. The summed E-state index contributed by atoms with van der Waals surface area (Å²) < 4.78 is 52.6. The van der Waals surface area contributed by atoms with Gasteiger partial charge < -0.3 is 5.32 Å². The molecule has 194 valence electrons. The Morgan fingerprint density at radius 3 is 2.50 bits per heavy atom. The van der Waals surface area contributed by atoms with Crippen LogP contribution in [0.25, 0.3) is 11.0 Å². The number of pyridine rings is 1. The molecule has 0 radical (unpaired) electrons. The molecule has 1 saturated heterocycles. The number of hydrogen-bond acceptors (Lipinski definition) is 10. The highest BCUT2D eigenvalue weighted by Crippen LogP contribution is 2.37. The summed E-state index contributed by atoms with van der Waals surface area (Å²) in [5.41, 5.74) is 0.116. The molecule has 0 bridgehead atoms. The van der Waals surface area contributed by atoms with Gasteiger partial charge >= 0.3 is 0 Å². The number of fused-ring (bicyclic) bond motifs is 1. The maximum absolute atomic E-state index is 12.7. The second-order valence-electron chi connectivity index (χ2n) is 9.30. The topological polar surface area (TPSA) is 162 Å². The van der Waals surface area contributed by atoms with Gasteiger partial charge in [0.15, 0.2) is 5.82 Å². The smallest absolute Gasteiger partial charge is 0.255 e. The van der Waals surface area contributed by atoms with Gasteiger partial charge in [0.05, 0.1) is 12.0 Å². The average molecular weight is 537 g/mol. The summed E-state index contributed by atoms with van der Waals surface area (Å²) in [5, 5.41) is 8.00. The molecule has 2 aliphatic rings. The van der Waals surface area contributed by atoms with Crippen LogP contribution in [0.1, 0.15) is 43.8 Å². The molecule has 1 aliphatic carbocycles. The monoisotopic (exact) mass is 536 g/mol. The Hall–Kier alpha value is -2.91. The predicted octanol–water partition coefficient (Wildman–Crippen LogP) is 0.365. The Morgan fingerprint density at radius 2 is 1.81 bits per heavy atom. The van der Waals surface area contributed by atoms with E-state index in [4.69, 9.17) is 0 Å². The molecule has 1 aliphatic heterocycles. The number of hydrogen-bond donors (Lipinski definition) is 1. The summed E-state index contributed by atoms with van der Waals surface area (Å²) in [5.74, 6) is 0.953. The van der Waals surface area contributed by atoms with Gasteiger partial charge in [-0.2, -0.15) is 4.98 Å². The highest BCUT2D eigenvalue weighted by molar-refractivity contribution is 7.89. The van der Waals surface area contributed by atoms with Crippen LogP contribution in [0.5, 0.6) is 0 Å². The van der Waals surface area contributed by atoms with Crippen molar-refractivity contribution in [1.29, 1.82) is 0 Å². The van der Waals surface area contributed by atoms with Gasteiger partial charge in [0.2, 0.25) is 16.0 Å². The molecule has 4 heterocycles. The maximum Gasteiger partial charge on any atom is 0.255 e. The third kappa shape index (κ3) is 5.42. The standard InChI is InChI=1S/C21H28N8O5S2/c1-35(31,32)27-10-7-17(8-11-27)24-21-22-13-16-5-6-18(30)28(20(16)25-21)9-2-12-36(33,34)29-14-23-19(26-29)15-3-4-15/h5-6,13-15,17H,2-4,7-12H2,1H3,(H,22,24,25). The van der Waals surface area contributed by atoms with E-state index >= 15 is 0 Å². The van der Waals surface area contributed by atoms with Crippen LogP contribution in [0.3, 0.4) is 0 Å². The number of aryl methyl sites for hydroxylation is 1. The minimum Gasteiger partial charge on any atom is -0.351 e. The van der Waals surface area contributed by atoms with Crippen molar-refractivity contribution in [3.05, 3.63) is 40.8 Å². The van der Waals surface area contributed by atoms with E-state index in [1.807, 2.05) is 0 Å². The number of nitrogens with zero attached hydrogens (tertiary/aromatic N) is 7. The lowest BCUT2D eigenvalue weighted by atomic mass is 10.1. The molecule has 3 aromatic rings. The first-order chi connectivity index (χ1) is 17.1. The normalized spacial score (nSPS) is 18.0. The van der Waals surface area contributed by atoms with Gasteiger partial charge in [-0.1, -0.05) is 0 Å². The highest BCUT2D eigenvalue weighted by Gasteiger charge is 2.29. The van der Waals surface area contributed by atoms with Crippen LogP contribution in [0.2, 0.25) is 0 Å². The number of rotatable bonds is 9. The van der Waals surface area contributed by atoms with Gasteiger partial charge in [-0.05, 0) is 38.2 Å². The molecule has 0 atom stereocenters. The third-order valence-electron chi connectivity index (χ3n) is 6.48. The summed E-state index contributed by atoms with van der Waals surface area (Å²) in [6.45, 7) is 0.983. The Labute approximate surface area is 208 Å². The molecule has 0 spiro atoms. The van der Waals surface area contributed by atoms with Gasteiger partial charge in [-0.25, -0.2) is 31.1 Å². The quantitative estimate of drug-likeness (QED) is 0.404. The van der Waals surface area contributed by atoms with E-state index in [-0.39, 0.29) is 36.2 Å². The van der Waals surface area contributed by atoms with E-state index in [1.165, 1.54) is 27.5 Å². The molecule has 36 heavy (non-hydrogen) atoms. The first kappa shape index (κ1) is 24.8. The summed E-state index contributed by atoms with van der Waals surface area (Å²) in [7, 11) is -6.90. The lowest BCUT2D eigenvalue weighted by molar-refractivity contribution is 0.331. The fraction of sp³-hybridized carbons (Fsp3) is 0.571. The fourth-order valence-electron chi connectivity index (χ4n) is 4.29. The minimum absolute atomic E-state index is 0.00214. The largest absolute Gasteiger partial charge is 0.351 e. The van der Waals surface area contributed by atoms with E-state index < -0.39 is 20.0 Å². The Balaban J connectivity index is 1.27. The number of nitrogens with one attached hydrogen (secondary N) is 1. The summed E-state index contributed by atoms with van der Waals surface area (Å²) in [6.07, 6.45) is 7.42. The maximum atomic E-state index is 12.7. The molecule has 0 unspecified atom stereocenters. The van der Waals surface area contributed by atoms with Crippen LogP contribution in [0, 0.1) is 0 Å². The van der Waals surface area contributed by atoms with Crippen molar-refractivity contribution >= 4 is 37.0 Å². The van der Waals surface area contributed by atoms with Crippen molar-refractivity contribution in [3.63, 3.8) is 0 Å². The van der Waals surface area contributed by atoms with Crippen molar-refractivity contribution in [1.82, 2.24) is 33.0 Å². The molecule has 2 fully saturated rings. The fourth-order valence-corrected chi connectivity index (χ4v) is 6.25. The molecule has 15 heteroatoms.